The van der Waals surface area contributed by atoms with Gasteiger partial charge in [0.2, 0.25) is 0 Å². The van der Waals surface area contributed by atoms with E-state index in [1.807, 2.05) is 65.5 Å². The number of aromatic nitrogens is 3. The number of fused-ring (bicyclic) bond motifs is 1. The number of benzene rings is 2. The van der Waals surface area contributed by atoms with Crippen molar-refractivity contribution >= 4 is 32.6 Å². The maximum absolute atomic E-state index is 13.5. The molecule has 0 spiro atoms. The summed E-state index contributed by atoms with van der Waals surface area (Å²) >= 11 is 1.52. The van der Waals surface area contributed by atoms with Crippen LogP contribution < -0.4 is 9.64 Å². The van der Waals surface area contributed by atoms with E-state index in [9.17, 15) is 4.79 Å². The van der Waals surface area contributed by atoms with E-state index in [1.54, 1.807) is 11.1 Å². The maximum Gasteiger partial charge on any atom is 0.260 e. The zero-order chi connectivity index (χ0) is 20.8. The first-order valence-corrected chi connectivity index (χ1v) is 10.9. The van der Waals surface area contributed by atoms with Crippen molar-refractivity contribution in [3.05, 3.63) is 72.6 Å². The van der Waals surface area contributed by atoms with Gasteiger partial charge >= 0.3 is 0 Å². The molecule has 2 aromatic carbocycles. The number of hydrogen-bond acceptors (Lipinski definition) is 5. The van der Waals surface area contributed by atoms with Crippen molar-refractivity contribution in [2.24, 2.45) is 0 Å². The predicted molar refractivity (Wildman–Crippen MR) is 120 cm³/mol. The van der Waals surface area contributed by atoms with Gasteiger partial charge in [-0.1, -0.05) is 42.9 Å². The third-order valence-electron chi connectivity index (χ3n) is 4.72. The van der Waals surface area contributed by atoms with Crippen molar-refractivity contribution < 1.29 is 9.53 Å². The molecule has 0 fully saturated rings. The average molecular weight is 421 g/mol. The van der Waals surface area contributed by atoms with Gasteiger partial charge in [-0.15, -0.1) is 0 Å². The van der Waals surface area contributed by atoms with E-state index in [2.05, 4.69) is 12.0 Å². The van der Waals surface area contributed by atoms with Gasteiger partial charge in [0, 0.05) is 24.5 Å². The summed E-state index contributed by atoms with van der Waals surface area (Å²) < 4.78 is 8.67. The standard InChI is InChI=1S/C23H24N4O2S/c1-2-3-16-29-19-9-6-8-18(17-19)22(28)27(15-14-26-13-7-12-24-26)23-25-20-10-4-5-11-21(20)30-23/h4-13,17H,2-3,14-16H2,1H3. The Kier molecular flexibility index (Phi) is 6.39. The summed E-state index contributed by atoms with van der Waals surface area (Å²) in [7, 11) is 0. The summed E-state index contributed by atoms with van der Waals surface area (Å²) in [5.74, 6) is 0.618. The normalized spacial score (nSPS) is 11.0. The fraction of sp³-hybridized carbons (Fsp3) is 0.261. The average Bonchev–Trinajstić information content (AvgIpc) is 3.44. The van der Waals surface area contributed by atoms with Crippen molar-refractivity contribution in [3.63, 3.8) is 0 Å². The molecule has 154 valence electrons. The quantitative estimate of drug-likeness (QED) is 0.357. The van der Waals surface area contributed by atoms with Gasteiger partial charge in [0.25, 0.3) is 5.91 Å². The second kappa shape index (κ2) is 9.54. The fourth-order valence-corrected chi connectivity index (χ4v) is 4.09. The molecule has 0 aliphatic rings. The Hall–Kier alpha value is -3.19. The smallest absolute Gasteiger partial charge is 0.260 e. The van der Waals surface area contributed by atoms with E-state index in [4.69, 9.17) is 9.72 Å². The van der Waals surface area contributed by atoms with E-state index < -0.39 is 0 Å². The van der Waals surface area contributed by atoms with Crippen LogP contribution in [0.15, 0.2) is 67.0 Å². The van der Waals surface area contributed by atoms with E-state index >= 15 is 0 Å². The molecule has 0 unspecified atom stereocenters. The molecule has 4 rings (SSSR count). The molecule has 0 N–H and O–H groups in total. The molecule has 1 amide bonds. The Morgan fingerprint density at radius 3 is 2.87 bits per heavy atom. The molecule has 0 atom stereocenters. The van der Waals surface area contributed by atoms with Gasteiger partial charge in [-0.25, -0.2) is 4.98 Å². The Morgan fingerprint density at radius 2 is 2.07 bits per heavy atom. The zero-order valence-corrected chi connectivity index (χ0v) is 17.7. The Morgan fingerprint density at radius 1 is 1.17 bits per heavy atom. The highest BCUT2D eigenvalue weighted by molar-refractivity contribution is 7.22. The Balaban J connectivity index is 1.61. The number of para-hydroxylation sites is 1. The number of thiazole rings is 1. The highest BCUT2D eigenvalue weighted by Gasteiger charge is 2.22. The highest BCUT2D eigenvalue weighted by Crippen LogP contribution is 2.30. The van der Waals surface area contributed by atoms with Gasteiger partial charge in [-0.05, 0) is 42.8 Å². The van der Waals surface area contributed by atoms with Gasteiger partial charge in [-0.2, -0.15) is 5.10 Å². The summed E-state index contributed by atoms with van der Waals surface area (Å²) in [5.41, 5.74) is 1.48. The van der Waals surface area contributed by atoms with Gasteiger partial charge in [0.15, 0.2) is 5.13 Å². The number of hydrogen-bond donors (Lipinski definition) is 0. The number of ether oxygens (including phenoxy) is 1. The van der Waals surface area contributed by atoms with Crippen LogP contribution in [0.25, 0.3) is 10.2 Å². The summed E-state index contributed by atoms with van der Waals surface area (Å²) in [6.45, 7) is 3.83. The van der Waals surface area contributed by atoms with Crippen molar-refractivity contribution in [1.29, 1.82) is 0 Å². The molecule has 0 bridgehead atoms. The SMILES string of the molecule is CCCCOc1cccc(C(=O)N(CCn2cccn2)c2nc3ccccc3s2)c1. The van der Waals surface area contributed by atoms with Crippen LogP contribution in [0.2, 0.25) is 0 Å². The van der Waals surface area contributed by atoms with Crippen LogP contribution in [0, 0.1) is 0 Å². The highest BCUT2D eigenvalue weighted by atomic mass is 32.1. The molecule has 2 heterocycles. The Bertz CT molecular complexity index is 1070. The van der Waals surface area contributed by atoms with Crippen LogP contribution in [0.4, 0.5) is 5.13 Å². The predicted octanol–water partition coefficient (Wildman–Crippen LogP) is 5.02. The minimum absolute atomic E-state index is 0.0952. The van der Waals surface area contributed by atoms with Crippen LogP contribution in [-0.2, 0) is 6.54 Å². The van der Waals surface area contributed by atoms with E-state index in [-0.39, 0.29) is 5.91 Å². The molecular formula is C23H24N4O2S. The molecule has 0 saturated heterocycles. The number of amides is 1. The fourth-order valence-electron chi connectivity index (χ4n) is 3.10. The van der Waals surface area contributed by atoms with Gasteiger partial charge in [0.1, 0.15) is 5.75 Å². The number of rotatable bonds is 9. The number of nitrogens with zero attached hydrogens (tertiary/aromatic N) is 4. The maximum atomic E-state index is 13.5. The molecule has 0 aliphatic carbocycles. The molecule has 4 aromatic rings. The lowest BCUT2D eigenvalue weighted by Crippen LogP contribution is -2.34. The molecule has 0 saturated carbocycles. The monoisotopic (exact) mass is 420 g/mol. The van der Waals surface area contributed by atoms with Crippen LogP contribution >= 0.6 is 11.3 Å². The second-order valence-electron chi connectivity index (χ2n) is 6.92. The van der Waals surface area contributed by atoms with Crippen molar-refractivity contribution in [3.8, 4) is 5.75 Å². The summed E-state index contributed by atoms with van der Waals surface area (Å²) in [5, 5.41) is 4.94. The molecule has 6 nitrogen and oxygen atoms in total. The molecule has 0 radical (unpaired) electrons. The lowest BCUT2D eigenvalue weighted by molar-refractivity contribution is 0.0985. The van der Waals surface area contributed by atoms with E-state index in [1.165, 1.54) is 11.3 Å². The number of unbranched alkanes of at least 4 members (excludes halogenated alkanes) is 1. The molecular weight excluding hydrogens is 396 g/mol. The van der Waals surface area contributed by atoms with Crippen molar-refractivity contribution in [2.75, 3.05) is 18.1 Å². The van der Waals surface area contributed by atoms with E-state index in [0.717, 1.165) is 23.1 Å². The lowest BCUT2D eigenvalue weighted by Gasteiger charge is -2.20. The van der Waals surface area contributed by atoms with Crippen molar-refractivity contribution in [1.82, 2.24) is 14.8 Å². The number of carbonyl (C=O) groups excluding carboxylic acids is 1. The number of carbonyl (C=O) groups is 1. The largest absolute Gasteiger partial charge is 0.494 e. The van der Waals surface area contributed by atoms with Gasteiger partial charge in [0.05, 0.1) is 23.4 Å². The Labute approximate surface area is 179 Å². The minimum Gasteiger partial charge on any atom is -0.494 e. The molecule has 2 aromatic heterocycles. The first kappa shape index (κ1) is 20.1. The third-order valence-corrected chi connectivity index (χ3v) is 5.78. The first-order chi connectivity index (χ1) is 14.7. The van der Waals surface area contributed by atoms with Crippen LogP contribution in [0.1, 0.15) is 30.1 Å². The van der Waals surface area contributed by atoms with Crippen LogP contribution in [0.5, 0.6) is 5.75 Å². The molecule has 30 heavy (non-hydrogen) atoms. The van der Waals surface area contributed by atoms with Crippen LogP contribution in [0.3, 0.4) is 0 Å². The zero-order valence-electron chi connectivity index (χ0n) is 16.9. The summed E-state index contributed by atoms with van der Waals surface area (Å²) in [6, 6.07) is 17.2. The van der Waals surface area contributed by atoms with Crippen molar-refractivity contribution in [2.45, 2.75) is 26.3 Å². The second-order valence-corrected chi connectivity index (χ2v) is 7.93. The molecule has 0 aliphatic heterocycles. The van der Waals surface area contributed by atoms with E-state index in [0.29, 0.717) is 36.1 Å². The summed E-state index contributed by atoms with van der Waals surface area (Å²) in [4.78, 5) is 19.9. The topological polar surface area (TPSA) is 60.2 Å². The van der Waals surface area contributed by atoms with Crippen LogP contribution in [-0.4, -0.2) is 33.8 Å². The molecule has 7 heteroatoms. The van der Waals surface area contributed by atoms with Gasteiger partial charge in [-0.3, -0.25) is 14.4 Å². The minimum atomic E-state index is -0.0952. The first-order valence-electron chi connectivity index (χ1n) is 10.1. The number of anilines is 1. The summed E-state index contributed by atoms with van der Waals surface area (Å²) in [6.07, 6.45) is 5.68. The third kappa shape index (κ3) is 4.68. The van der Waals surface area contributed by atoms with Gasteiger partial charge < -0.3 is 4.74 Å². The lowest BCUT2D eigenvalue weighted by atomic mass is 10.2.